The number of nitrogen functional groups attached to an aromatic ring is 1. The van der Waals surface area contributed by atoms with Gasteiger partial charge in [-0.25, -0.2) is 4.79 Å². The maximum absolute atomic E-state index is 12.6. The van der Waals surface area contributed by atoms with Gasteiger partial charge in [-0.1, -0.05) is 37.7 Å². The van der Waals surface area contributed by atoms with Crippen LogP contribution in [0, 0.1) is 19.8 Å². The first-order valence-electron chi connectivity index (χ1n) is 9.96. The lowest BCUT2D eigenvalue weighted by molar-refractivity contribution is 0.102. The maximum Gasteiger partial charge on any atom is 0.329 e. The van der Waals surface area contributed by atoms with Crippen LogP contribution in [-0.4, -0.2) is 31.3 Å². The summed E-state index contributed by atoms with van der Waals surface area (Å²) in [7, 11) is 0. The van der Waals surface area contributed by atoms with Gasteiger partial charge in [-0.05, 0) is 37.0 Å². The second kappa shape index (κ2) is 9.86. The molecule has 0 fully saturated rings. The maximum atomic E-state index is 12.6. The highest BCUT2D eigenvalue weighted by Crippen LogP contribution is 2.22. The van der Waals surface area contributed by atoms with Gasteiger partial charge in [-0.3, -0.25) is 19.1 Å². The van der Waals surface area contributed by atoms with Gasteiger partial charge in [0, 0.05) is 6.54 Å². The highest BCUT2D eigenvalue weighted by Gasteiger charge is 2.21. The average molecular weight is 460 g/mol. The number of nitrogens with one attached hydrogen (secondary N) is 1. The number of nitrogens with zero attached hydrogens (tertiary/aromatic N) is 3. The standard InChI is InChI=1S/C21H25N5O5S/c1-11(2)8-26-18(22)17(19(28)23-20(26)29)14(27)10-32-21-25-24-16(31-21)9-30-15-7-12(3)5-6-13(15)4/h5-7,11H,8-10,22H2,1-4H3,(H,23,28,29). The zero-order chi connectivity index (χ0) is 23.4. The van der Waals surface area contributed by atoms with E-state index in [0.29, 0.717) is 0 Å². The van der Waals surface area contributed by atoms with Crippen LogP contribution in [0.15, 0.2) is 37.4 Å². The molecule has 11 heteroatoms. The summed E-state index contributed by atoms with van der Waals surface area (Å²) in [6, 6.07) is 5.87. The second-order valence-corrected chi connectivity index (χ2v) is 8.68. The van der Waals surface area contributed by atoms with Crippen LogP contribution < -0.4 is 21.7 Å². The summed E-state index contributed by atoms with van der Waals surface area (Å²) in [5.41, 5.74) is 6.31. The number of ketones is 1. The molecule has 0 atom stereocenters. The molecule has 2 heterocycles. The molecule has 10 nitrogen and oxygen atoms in total. The number of ether oxygens (including phenoxy) is 1. The van der Waals surface area contributed by atoms with E-state index in [1.807, 2.05) is 45.9 Å². The summed E-state index contributed by atoms with van der Waals surface area (Å²) in [6.07, 6.45) is 0. The number of Topliss-reactive ketones (excluding diaryl/α,β-unsaturated/α-hetero) is 1. The van der Waals surface area contributed by atoms with E-state index in [1.165, 1.54) is 4.57 Å². The lowest BCUT2D eigenvalue weighted by Gasteiger charge is -2.13. The van der Waals surface area contributed by atoms with Crippen molar-refractivity contribution in [2.45, 2.75) is 46.1 Å². The number of thioether (sulfide) groups is 1. The number of aryl methyl sites for hydroxylation is 2. The van der Waals surface area contributed by atoms with E-state index in [1.54, 1.807) is 0 Å². The molecule has 0 aliphatic rings. The fourth-order valence-corrected chi connectivity index (χ4v) is 3.61. The SMILES string of the molecule is Cc1ccc(C)c(OCc2nnc(SCC(=O)c3c(N)n(CC(C)C)c(=O)[nH]c3=O)o2)c1. The van der Waals surface area contributed by atoms with Gasteiger partial charge in [0.1, 0.15) is 17.1 Å². The van der Waals surface area contributed by atoms with E-state index in [9.17, 15) is 14.4 Å². The van der Waals surface area contributed by atoms with Crippen molar-refractivity contribution in [3.8, 4) is 5.75 Å². The Morgan fingerprint density at radius 1 is 1.28 bits per heavy atom. The van der Waals surface area contributed by atoms with E-state index in [4.69, 9.17) is 14.9 Å². The Kier molecular flexibility index (Phi) is 7.18. The molecule has 0 saturated heterocycles. The molecule has 32 heavy (non-hydrogen) atoms. The third kappa shape index (κ3) is 5.47. The number of benzene rings is 1. The Morgan fingerprint density at radius 3 is 2.75 bits per heavy atom. The van der Waals surface area contributed by atoms with Crippen molar-refractivity contribution in [3.05, 3.63) is 61.6 Å². The summed E-state index contributed by atoms with van der Waals surface area (Å²) in [6.45, 7) is 8.06. The van der Waals surface area contributed by atoms with E-state index >= 15 is 0 Å². The molecule has 0 unspecified atom stereocenters. The molecular formula is C21H25N5O5S. The van der Waals surface area contributed by atoms with Gasteiger partial charge < -0.3 is 14.9 Å². The molecule has 2 aromatic heterocycles. The van der Waals surface area contributed by atoms with Crippen LogP contribution in [-0.2, 0) is 13.2 Å². The van der Waals surface area contributed by atoms with Gasteiger partial charge in [0.25, 0.3) is 16.7 Å². The molecule has 0 saturated carbocycles. The quantitative estimate of drug-likeness (QED) is 0.363. The third-order valence-electron chi connectivity index (χ3n) is 4.54. The first kappa shape index (κ1) is 23.3. The first-order chi connectivity index (χ1) is 15.2. The van der Waals surface area contributed by atoms with Crippen molar-refractivity contribution in [3.63, 3.8) is 0 Å². The lowest BCUT2D eigenvalue weighted by atomic mass is 10.1. The predicted octanol–water partition coefficient (Wildman–Crippen LogP) is 2.33. The van der Waals surface area contributed by atoms with Crippen molar-refractivity contribution in [2.24, 2.45) is 5.92 Å². The molecule has 0 aliphatic carbocycles. The van der Waals surface area contributed by atoms with Gasteiger partial charge in [-0.15, -0.1) is 10.2 Å². The molecule has 3 aromatic rings. The van der Waals surface area contributed by atoms with Gasteiger partial charge in [0.15, 0.2) is 12.4 Å². The van der Waals surface area contributed by atoms with Crippen molar-refractivity contribution in [2.75, 3.05) is 11.5 Å². The molecule has 0 amide bonds. The third-order valence-corrected chi connectivity index (χ3v) is 5.35. The minimum absolute atomic E-state index is 0.0819. The molecule has 0 radical (unpaired) electrons. The Morgan fingerprint density at radius 2 is 2.03 bits per heavy atom. The predicted molar refractivity (Wildman–Crippen MR) is 120 cm³/mol. The second-order valence-electron chi connectivity index (χ2n) is 7.76. The monoisotopic (exact) mass is 459 g/mol. The normalized spacial score (nSPS) is 11.2. The number of anilines is 1. The van der Waals surface area contributed by atoms with Gasteiger partial charge in [-0.2, -0.15) is 0 Å². The minimum Gasteiger partial charge on any atom is -0.484 e. The van der Waals surface area contributed by atoms with Crippen molar-refractivity contribution < 1.29 is 13.9 Å². The number of carbonyl (C=O) groups is 1. The molecule has 170 valence electrons. The molecular weight excluding hydrogens is 434 g/mol. The topological polar surface area (TPSA) is 146 Å². The molecule has 1 aromatic carbocycles. The fraction of sp³-hybridized carbons (Fsp3) is 0.381. The van der Waals surface area contributed by atoms with Crippen LogP contribution in [0.2, 0.25) is 0 Å². The van der Waals surface area contributed by atoms with Crippen LogP contribution >= 0.6 is 11.8 Å². The first-order valence-corrected chi connectivity index (χ1v) is 10.9. The van der Waals surface area contributed by atoms with Crippen LogP contribution in [0.3, 0.4) is 0 Å². The smallest absolute Gasteiger partial charge is 0.329 e. The van der Waals surface area contributed by atoms with Crippen LogP contribution in [0.5, 0.6) is 5.75 Å². The van der Waals surface area contributed by atoms with E-state index in [2.05, 4.69) is 15.2 Å². The molecule has 0 aliphatic heterocycles. The van der Waals surface area contributed by atoms with Crippen molar-refractivity contribution in [1.29, 1.82) is 0 Å². The number of H-pyrrole nitrogens is 1. The largest absolute Gasteiger partial charge is 0.484 e. The van der Waals surface area contributed by atoms with Crippen molar-refractivity contribution >= 4 is 23.4 Å². The summed E-state index contributed by atoms with van der Waals surface area (Å²) >= 11 is 0.972. The number of aromatic nitrogens is 4. The number of hydrogen-bond donors (Lipinski definition) is 2. The summed E-state index contributed by atoms with van der Waals surface area (Å²) in [5.74, 6) is 0.222. The number of nitrogens with two attached hydrogens (primary N) is 1. The summed E-state index contributed by atoms with van der Waals surface area (Å²) < 4.78 is 12.4. The molecule has 0 spiro atoms. The molecule has 3 N–H and O–H groups in total. The van der Waals surface area contributed by atoms with E-state index in [-0.39, 0.29) is 47.3 Å². The van der Waals surface area contributed by atoms with E-state index < -0.39 is 17.0 Å². The Bertz CT molecular complexity index is 1240. The number of hydrogen-bond acceptors (Lipinski definition) is 9. The zero-order valence-electron chi connectivity index (χ0n) is 18.3. The average Bonchev–Trinajstić information content (AvgIpc) is 3.18. The Labute approximate surface area is 188 Å². The Hall–Kier alpha value is -3.34. The van der Waals surface area contributed by atoms with Crippen LogP contribution in [0.25, 0.3) is 0 Å². The number of rotatable bonds is 9. The zero-order valence-corrected chi connectivity index (χ0v) is 19.1. The van der Waals surface area contributed by atoms with Crippen molar-refractivity contribution in [1.82, 2.24) is 19.7 Å². The van der Waals surface area contributed by atoms with Crippen LogP contribution in [0.4, 0.5) is 5.82 Å². The van der Waals surface area contributed by atoms with Gasteiger partial charge in [0.05, 0.1) is 5.75 Å². The van der Waals surface area contributed by atoms with E-state index in [0.717, 1.165) is 28.6 Å². The number of aromatic amines is 1. The molecule has 0 bridgehead atoms. The lowest BCUT2D eigenvalue weighted by Crippen LogP contribution is -2.37. The highest BCUT2D eigenvalue weighted by atomic mass is 32.2. The van der Waals surface area contributed by atoms with Crippen LogP contribution in [0.1, 0.15) is 41.2 Å². The van der Waals surface area contributed by atoms with Gasteiger partial charge in [0.2, 0.25) is 0 Å². The highest BCUT2D eigenvalue weighted by molar-refractivity contribution is 7.99. The summed E-state index contributed by atoms with van der Waals surface area (Å²) in [4.78, 5) is 39.0. The van der Waals surface area contributed by atoms with Gasteiger partial charge >= 0.3 is 5.69 Å². The Balaban J connectivity index is 1.66. The minimum atomic E-state index is -0.814. The number of carbonyl (C=O) groups excluding carboxylic acids is 1. The molecule has 3 rings (SSSR count). The summed E-state index contributed by atoms with van der Waals surface area (Å²) in [5, 5.41) is 7.96. The fourth-order valence-electron chi connectivity index (χ4n) is 2.96.